The van der Waals surface area contributed by atoms with Crippen molar-refractivity contribution in [3.8, 4) is 17.2 Å². The van der Waals surface area contributed by atoms with Gasteiger partial charge in [-0.15, -0.1) is 0 Å². The molecule has 3 aromatic rings. The summed E-state index contributed by atoms with van der Waals surface area (Å²) < 4.78 is 11.0. The minimum atomic E-state index is -0.998. The molecule has 0 saturated heterocycles. The van der Waals surface area contributed by atoms with Gasteiger partial charge in [0.1, 0.15) is 17.0 Å². The summed E-state index contributed by atoms with van der Waals surface area (Å²) in [5, 5.41) is 9.83. The predicted octanol–water partition coefficient (Wildman–Crippen LogP) is 3.20. The van der Waals surface area contributed by atoms with E-state index in [2.05, 4.69) is 4.98 Å². The van der Waals surface area contributed by atoms with E-state index in [1.807, 2.05) is 18.2 Å². The van der Waals surface area contributed by atoms with Gasteiger partial charge >= 0.3 is 5.97 Å². The van der Waals surface area contributed by atoms with Crippen LogP contribution in [0.1, 0.15) is 10.4 Å². The van der Waals surface area contributed by atoms with Crippen molar-refractivity contribution in [1.82, 2.24) is 4.98 Å². The molecule has 100 valence electrons. The van der Waals surface area contributed by atoms with Crippen LogP contribution in [-0.4, -0.2) is 23.2 Å². The number of furan rings is 1. The number of hydrogen-bond donors (Lipinski definition) is 1. The van der Waals surface area contributed by atoms with E-state index < -0.39 is 5.97 Å². The van der Waals surface area contributed by atoms with Crippen LogP contribution in [0.3, 0.4) is 0 Å². The monoisotopic (exact) mass is 269 g/mol. The summed E-state index contributed by atoms with van der Waals surface area (Å²) in [5.74, 6) is 0.210. The zero-order valence-corrected chi connectivity index (χ0v) is 10.7. The van der Waals surface area contributed by atoms with Crippen molar-refractivity contribution >= 4 is 16.9 Å². The Bertz CT molecular complexity index is 791. The number of carbonyl (C=O) groups is 1. The lowest BCUT2D eigenvalue weighted by Gasteiger charge is -1.98. The number of nitrogens with zero attached hydrogens (tertiary/aromatic N) is 1. The van der Waals surface area contributed by atoms with Gasteiger partial charge in [-0.25, -0.2) is 4.79 Å². The second-order valence-corrected chi connectivity index (χ2v) is 4.22. The second kappa shape index (κ2) is 4.70. The van der Waals surface area contributed by atoms with Crippen LogP contribution in [0.5, 0.6) is 5.75 Å². The third-order valence-corrected chi connectivity index (χ3v) is 3.00. The molecule has 0 amide bonds. The standard InChI is InChI=1S/C15H11NO4/c1-19-12-3-2-4-13-10(12)8-14(20-13)11-7-9(15(17)18)5-6-16-11/h2-8H,1H3,(H,17,18). The zero-order chi connectivity index (χ0) is 14.1. The quantitative estimate of drug-likeness (QED) is 0.790. The number of fused-ring (bicyclic) bond motifs is 1. The average molecular weight is 269 g/mol. The Morgan fingerprint density at radius 1 is 1.30 bits per heavy atom. The normalized spacial score (nSPS) is 10.7. The number of aromatic nitrogens is 1. The molecular formula is C15H11NO4. The topological polar surface area (TPSA) is 72.6 Å². The third kappa shape index (κ3) is 1.99. The first-order valence-corrected chi connectivity index (χ1v) is 5.95. The van der Waals surface area contributed by atoms with E-state index in [9.17, 15) is 4.79 Å². The highest BCUT2D eigenvalue weighted by Gasteiger charge is 2.12. The number of ether oxygens (including phenoxy) is 1. The molecule has 0 bridgehead atoms. The maximum absolute atomic E-state index is 11.0. The smallest absolute Gasteiger partial charge is 0.335 e. The van der Waals surface area contributed by atoms with E-state index >= 15 is 0 Å². The van der Waals surface area contributed by atoms with Crippen molar-refractivity contribution in [2.75, 3.05) is 7.11 Å². The van der Waals surface area contributed by atoms with Crippen LogP contribution in [0.15, 0.2) is 47.0 Å². The Morgan fingerprint density at radius 2 is 2.15 bits per heavy atom. The van der Waals surface area contributed by atoms with Crippen LogP contribution < -0.4 is 4.74 Å². The van der Waals surface area contributed by atoms with E-state index in [-0.39, 0.29) is 5.56 Å². The molecule has 5 nitrogen and oxygen atoms in total. The molecule has 0 spiro atoms. The van der Waals surface area contributed by atoms with Crippen LogP contribution in [0.25, 0.3) is 22.4 Å². The van der Waals surface area contributed by atoms with Crippen molar-refractivity contribution in [2.45, 2.75) is 0 Å². The van der Waals surface area contributed by atoms with Crippen LogP contribution in [-0.2, 0) is 0 Å². The summed E-state index contributed by atoms with van der Waals surface area (Å²) in [6.07, 6.45) is 1.45. The fraction of sp³-hybridized carbons (Fsp3) is 0.0667. The van der Waals surface area contributed by atoms with E-state index in [1.54, 1.807) is 13.2 Å². The van der Waals surface area contributed by atoms with Crippen molar-refractivity contribution in [1.29, 1.82) is 0 Å². The maximum Gasteiger partial charge on any atom is 0.335 e. The van der Waals surface area contributed by atoms with E-state index in [0.717, 1.165) is 5.39 Å². The van der Waals surface area contributed by atoms with Gasteiger partial charge in [0.25, 0.3) is 0 Å². The van der Waals surface area contributed by atoms with Gasteiger partial charge in [-0.3, -0.25) is 4.98 Å². The Kier molecular flexibility index (Phi) is 2.87. The van der Waals surface area contributed by atoms with Crippen LogP contribution in [0.2, 0.25) is 0 Å². The zero-order valence-electron chi connectivity index (χ0n) is 10.7. The summed E-state index contributed by atoms with van der Waals surface area (Å²) in [5.41, 5.74) is 1.31. The molecule has 3 rings (SSSR count). The number of pyridine rings is 1. The van der Waals surface area contributed by atoms with E-state index in [0.29, 0.717) is 22.8 Å². The Balaban J connectivity index is 2.15. The van der Waals surface area contributed by atoms with Gasteiger partial charge in [-0.2, -0.15) is 0 Å². The molecule has 1 N–H and O–H groups in total. The van der Waals surface area contributed by atoms with E-state index in [1.165, 1.54) is 18.3 Å². The first kappa shape index (κ1) is 12.2. The fourth-order valence-electron chi connectivity index (χ4n) is 2.04. The number of carboxylic acid groups (broad SMARTS) is 1. The van der Waals surface area contributed by atoms with Crippen LogP contribution in [0, 0.1) is 0 Å². The molecule has 0 atom stereocenters. The molecule has 0 saturated carbocycles. The third-order valence-electron chi connectivity index (χ3n) is 3.00. The maximum atomic E-state index is 11.0. The molecule has 5 heteroatoms. The lowest BCUT2D eigenvalue weighted by atomic mass is 10.2. The number of aromatic carboxylic acids is 1. The molecular weight excluding hydrogens is 258 g/mol. The highest BCUT2D eigenvalue weighted by atomic mass is 16.5. The molecule has 2 heterocycles. The predicted molar refractivity (Wildman–Crippen MR) is 73.0 cm³/mol. The lowest BCUT2D eigenvalue weighted by molar-refractivity contribution is 0.0697. The number of methoxy groups -OCH3 is 1. The van der Waals surface area contributed by atoms with Gasteiger partial charge in [0.15, 0.2) is 5.76 Å². The minimum Gasteiger partial charge on any atom is -0.496 e. The largest absolute Gasteiger partial charge is 0.496 e. The van der Waals surface area contributed by atoms with Gasteiger partial charge in [-0.1, -0.05) is 6.07 Å². The Hall–Kier alpha value is -2.82. The number of hydrogen-bond acceptors (Lipinski definition) is 4. The Morgan fingerprint density at radius 3 is 2.90 bits per heavy atom. The highest BCUT2D eigenvalue weighted by Crippen LogP contribution is 2.32. The van der Waals surface area contributed by atoms with Crippen molar-refractivity contribution < 1.29 is 19.1 Å². The van der Waals surface area contributed by atoms with Crippen LogP contribution in [0.4, 0.5) is 0 Å². The molecule has 2 aromatic heterocycles. The molecule has 0 fully saturated rings. The second-order valence-electron chi connectivity index (χ2n) is 4.22. The van der Waals surface area contributed by atoms with Crippen molar-refractivity contribution in [3.63, 3.8) is 0 Å². The number of rotatable bonds is 3. The summed E-state index contributed by atoms with van der Waals surface area (Å²) in [6.45, 7) is 0. The van der Waals surface area contributed by atoms with Gasteiger partial charge in [-0.05, 0) is 30.3 Å². The number of carboxylic acids is 1. The van der Waals surface area contributed by atoms with E-state index in [4.69, 9.17) is 14.3 Å². The molecule has 0 unspecified atom stereocenters. The summed E-state index contributed by atoms with van der Waals surface area (Å²) >= 11 is 0. The number of benzene rings is 1. The van der Waals surface area contributed by atoms with Gasteiger partial charge < -0.3 is 14.3 Å². The lowest BCUT2D eigenvalue weighted by Crippen LogP contribution is -1.96. The summed E-state index contributed by atoms with van der Waals surface area (Å²) in [6, 6.07) is 10.2. The van der Waals surface area contributed by atoms with Gasteiger partial charge in [0.05, 0.1) is 18.1 Å². The van der Waals surface area contributed by atoms with Crippen molar-refractivity contribution in [3.05, 3.63) is 48.2 Å². The molecule has 0 aliphatic rings. The first-order chi connectivity index (χ1) is 9.69. The van der Waals surface area contributed by atoms with Crippen LogP contribution >= 0.6 is 0 Å². The van der Waals surface area contributed by atoms with Crippen molar-refractivity contribution in [2.24, 2.45) is 0 Å². The molecule has 0 aliphatic carbocycles. The van der Waals surface area contributed by atoms with Gasteiger partial charge in [0, 0.05) is 6.20 Å². The molecule has 20 heavy (non-hydrogen) atoms. The first-order valence-electron chi connectivity index (χ1n) is 5.95. The summed E-state index contributed by atoms with van der Waals surface area (Å²) in [7, 11) is 1.59. The minimum absolute atomic E-state index is 0.169. The fourth-order valence-corrected chi connectivity index (χ4v) is 2.04. The molecule has 0 aliphatic heterocycles. The summed E-state index contributed by atoms with van der Waals surface area (Å²) in [4.78, 5) is 15.1. The SMILES string of the molecule is COc1cccc2oc(-c3cc(C(=O)O)ccn3)cc12. The molecule has 0 radical (unpaired) electrons. The highest BCUT2D eigenvalue weighted by molar-refractivity contribution is 5.90. The average Bonchev–Trinajstić information content (AvgIpc) is 2.91. The van der Waals surface area contributed by atoms with Gasteiger partial charge in [0.2, 0.25) is 0 Å². The molecule has 1 aromatic carbocycles. The Labute approximate surface area is 114 Å².